The first-order valence-electron chi connectivity index (χ1n) is 14.0. The standard InChI is InChI=1S/C33H41Cl2N3O4S/c1-32(2,3)25-14-17-27(18-15-25)38(43(7,41)42)22-30(39)37(21-24-13-16-26(34)20-28(24)35)29(31(40)36-33(4,5)6)19-23-11-9-8-10-12-23/h8-18,20,29H,19,21-22H2,1-7H3,(H,36,40)/t29-/m0/s1. The molecule has 0 fully saturated rings. The summed E-state index contributed by atoms with van der Waals surface area (Å²) in [6.45, 7) is 11.2. The van der Waals surface area contributed by atoms with Crippen molar-refractivity contribution >= 4 is 50.7 Å². The molecule has 10 heteroatoms. The molecule has 0 radical (unpaired) electrons. The SMILES string of the molecule is CC(C)(C)NC(=O)[C@H](Cc1ccccc1)N(Cc1ccc(Cl)cc1Cl)C(=O)CN(c1ccc(C(C)(C)C)cc1)S(C)(=O)=O. The molecule has 0 aromatic heterocycles. The fourth-order valence-electron chi connectivity index (χ4n) is 4.58. The van der Waals surface area contributed by atoms with Crippen molar-refractivity contribution in [2.24, 2.45) is 0 Å². The van der Waals surface area contributed by atoms with E-state index in [4.69, 9.17) is 23.2 Å². The molecule has 3 rings (SSSR count). The van der Waals surface area contributed by atoms with E-state index in [1.807, 2.05) is 63.2 Å². The molecule has 3 aromatic rings. The summed E-state index contributed by atoms with van der Waals surface area (Å²) in [5.41, 5.74) is 2.08. The maximum atomic E-state index is 14.3. The number of rotatable bonds is 10. The molecule has 0 aliphatic heterocycles. The van der Waals surface area contributed by atoms with Gasteiger partial charge in [0.1, 0.15) is 12.6 Å². The lowest BCUT2D eigenvalue weighted by Gasteiger charge is -2.35. The summed E-state index contributed by atoms with van der Waals surface area (Å²) in [4.78, 5) is 29.5. The van der Waals surface area contributed by atoms with E-state index in [9.17, 15) is 18.0 Å². The number of benzene rings is 3. The molecule has 0 spiro atoms. The van der Waals surface area contributed by atoms with Crippen LogP contribution in [-0.2, 0) is 38.0 Å². The third kappa shape index (κ3) is 9.98. The largest absolute Gasteiger partial charge is 0.350 e. The van der Waals surface area contributed by atoms with Crippen LogP contribution < -0.4 is 9.62 Å². The number of carbonyl (C=O) groups is 2. The van der Waals surface area contributed by atoms with Gasteiger partial charge >= 0.3 is 0 Å². The van der Waals surface area contributed by atoms with E-state index in [-0.39, 0.29) is 24.3 Å². The highest BCUT2D eigenvalue weighted by Crippen LogP contribution is 2.28. The van der Waals surface area contributed by atoms with Crippen LogP contribution in [0.1, 0.15) is 58.2 Å². The van der Waals surface area contributed by atoms with Crippen molar-refractivity contribution in [3.8, 4) is 0 Å². The zero-order valence-corrected chi connectivity index (χ0v) is 28.1. The lowest BCUT2D eigenvalue weighted by atomic mass is 9.87. The van der Waals surface area contributed by atoms with Gasteiger partial charge in [0, 0.05) is 28.5 Å². The maximum Gasteiger partial charge on any atom is 0.244 e. The van der Waals surface area contributed by atoms with Gasteiger partial charge in [0.25, 0.3) is 0 Å². The molecule has 1 N–H and O–H groups in total. The molecule has 3 aromatic carbocycles. The molecule has 0 saturated carbocycles. The molecule has 0 saturated heterocycles. The number of hydrogen-bond acceptors (Lipinski definition) is 4. The molecular formula is C33H41Cl2N3O4S. The molecule has 0 aliphatic rings. The fraction of sp³-hybridized carbons (Fsp3) is 0.394. The minimum Gasteiger partial charge on any atom is -0.350 e. The first kappa shape index (κ1) is 34.4. The summed E-state index contributed by atoms with van der Waals surface area (Å²) in [5, 5.41) is 3.76. The van der Waals surface area contributed by atoms with E-state index < -0.39 is 34.1 Å². The summed E-state index contributed by atoms with van der Waals surface area (Å²) < 4.78 is 27.2. The second-order valence-corrected chi connectivity index (χ2v) is 15.5. The van der Waals surface area contributed by atoms with Crippen molar-refractivity contribution in [2.75, 3.05) is 17.1 Å². The Bertz CT molecular complexity index is 1530. The smallest absolute Gasteiger partial charge is 0.244 e. The molecule has 0 bridgehead atoms. The molecule has 1 atom stereocenters. The fourth-order valence-corrected chi connectivity index (χ4v) is 5.90. The third-order valence-corrected chi connectivity index (χ3v) is 8.55. The van der Waals surface area contributed by atoms with Gasteiger partial charge in [-0.3, -0.25) is 13.9 Å². The van der Waals surface area contributed by atoms with Crippen LogP contribution in [0.25, 0.3) is 0 Å². The Labute approximate surface area is 266 Å². The van der Waals surface area contributed by atoms with Gasteiger partial charge in [0.05, 0.1) is 11.9 Å². The van der Waals surface area contributed by atoms with E-state index in [0.717, 1.165) is 21.7 Å². The van der Waals surface area contributed by atoms with Crippen molar-refractivity contribution in [1.29, 1.82) is 0 Å². The normalized spacial score (nSPS) is 12.9. The Morgan fingerprint density at radius 1 is 0.884 bits per heavy atom. The maximum absolute atomic E-state index is 14.3. The van der Waals surface area contributed by atoms with Gasteiger partial charge in [-0.15, -0.1) is 0 Å². The summed E-state index contributed by atoms with van der Waals surface area (Å²) in [5.74, 6) is -0.920. The Balaban J connectivity index is 2.10. The van der Waals surface area contributed by atoms with Crippen LogP contribution in [0, 0.1) is 0 Å². The number of anilines is 1. The Kier molecular flexibility index (Phi) is 11.0. The van der Waals surface area contributed by atoms with Crippen LogP contribution in [-0.4, -0.2) is 49.5 Å². The van der Waals surface area contributed by atoms with Gasteiger partial charge in [-0.05, 0) is 67.1 Å². The van der Waals surface area contributed by atoms with Crippen molar-refractivity contribution < 1.29 is 18.0 Å². The highest BCUT2D eigenvalue weighted by molar-refractivity contribution is 7.92. The molecule has 232 valence electrons. The van der Waals surface area contributed by atoms with Crippen LogP contribution >= 0.6 is 23.2 Å². The van der Waals surface area contributed by atoms with E-state index in [1.54, 1.807) is 30.3 Å². The zero-order chi connectivity index (χ0) is 32.2. The Morgan fingerprint density at radius 2 is 1.49 bits per heavy atom. The van der Waals surface area contributed by atoms with Crippen LogP contribution in [0.3, 0.4) is 0 Å². The van der Waals surface area contributed by atoms with E-state index in [0.29, 0.717) is 21.3 Å². The second kappa shape index (κ2) is 13.7. The van der Waals surface area contributed by atoms with Crippen LogP contribution in [0.4, 0.5) is 5.69 Å². The van der Waals surface area contributed by atoms with Gasteiger partial charge < -0.3 is 10.2 Å². The van der Waals surface area contributed by atoms with Gasteiger partial charge in [-0.25, -0.2) is 8.42 Å². The first-order chi connectivity index (χ1) is 19.8. The number of nitrogens with zero attached hydrogens (tertiary/aromatic N) is 2. The molecule has 0 unspecified atom stereocenters. The zero-order valence-electron chi connectivity index (χ0n) is 25.8. The minimum absolute atomic E-state index is 0.0372. The summed E-state index contributed by atoms with van der Waals surface area (Å²) >= 11 is 12.7. The van der Waals surface area contributed by atoms with Crippen molar-refractivity contribution in [2.45, 2.75) is 71.5 Å². The summed E-state index contributed by atoms with van der Waals surface area (Å²) in [6.07, 6.45) is 1.27. The van der Waals surface area contributed by atoms with E-state index in [1.165, 1.54) is 4.90 Å². The molecule has 0 aliphatic carbocycles. The van der Waals surface area contributed by atoms with Crippen molar-refractivity contribution in [1.82, 2.24) is 10.2 Å². The number of carbonyl (C=O) groups excluding carboxylic acids is 2. The van der Waals surface area contributed by atoms with Crippen LogP contribution in [0.5, 0.6) is 0 Å². The van der Waals surface area contributed by atoms with Gasteiger partial charge in [-0.1, -0.05) is 92.5 Å². The molecule has 43 heavy (non-hydrogen) atoms. The average Bonchev–Trinajstić information content (AvgIpc) is 2.88. The Hall–Kier alpha value is -3.07. The van der Waals surface area contributed by atoms with Gasteiger partial charge in [-0.2, -0.15) is 0 Å². The number of halogens is 2. The number of hydrogen-bond donors (Lipinski definition) is 1. The highest BCUT2D eigenvalue weighted by atomic mass is 35.5. The van der Waals surface area contributed by atoms with Crippen molar-refractivity contribution in [3.05, 3.63) is 99.5 Å². The Morgan fingerprint density at radius 3 is 2.00 bits per heavy atom. The van der Waals surface area contributed by atoms with Gasteiger partial charge in [0.15, 0.2) is 0 Å². The highest BCUT2D eigenvalue weighted by Gasteiger charge is 2.34. The average molecular weight is 647 g/mol. The predicted octanol–water partition coefficient (Wildman–Crippen LogP) is 6.61. The lowest BCUT2D eigenvalue weighted by Crippen LogP contribution is -2.56. The first-order valence-corrected chi connectivity index (χ1v) is 16.6. The number of amides is 2. The lowest BCUT2D eigenvalue weighted by molar-refractivity contribution is -0.140. The number of nitrogens with one attached hydrogen (secondary N) is 1. The summed E-state index contributed by atoms with van der Waals surface area (Å²) in [6, 6.07) is 20.4. The summed E-state index contributed by atoms with van der Waals surface area (Å²) in [7, 11) is -3.87. The molecule has 0 heterocycles. The molecule has 7 nitrogen and oxygen atoms in total. The van der Waals surface area contributed by atoms with E-state index in [2.05, 4.69) is 26.1 Å². The third-order valence-electron chi connectivity index (χ3n) is 6.83. The quantitative estimate of drug-likeness (QED) is 0.269. The van der Waals surface area contributed by atoms with Crippen LogP contribution in [0.15, 0.2) is 72.8 Å². The molecule has 2 amide bonds. The number of sulfonamides is 1. The van der Waals surface area contributed by atoms with Gasteiger partial charge in [0.2, 0.25) is 21.8 Å². The predicted molar refractivity (Wildman–Crippen MR) is 176 cm³/mol. The van der Waals surface area contributed by atoms with Crippen molar-refractivity contribution in [3.63, 3.8) is 0 Å². The monoisotopic (exact) mass is 645 g/mol. The minimum atomic E-state index is -3.87. The second-order valence-electron chi connectivity index (χ2n) is 12.8. The topological polar surface area (TPSA) is 86.8 Å². The molecular weight excluding hydrogens is 605 g/mol. The van der Waals surface area contributed by atoms with Crippen LogP contribution in [0.2, 0.25) is 10.0 Å². The van der Waals surface area contributed by atoms with E-state index >= 15 is 0 Å².